The van der Waals surface area contributed by atoms with Gasteiger partial charge in [0, 0.05) is 61.9 Å². The van der Waals surface area contributed by atoms with E-state index < -0.39 is 42.1 Å². The number of hydrogen-bond acceptors (Lipinski definition) is 12. The Labute approximate surface area is 368 Å². The zero-order chi connectivity index (χ0) is 44.0. The van der Waals surface area contributed by atoms with Crippen LogP contribution in [0, 0.1) is 23.7 Å². The largest absolute Gasteiger partial charge is 0.492 e. The maximum atomic E-state index is 14.5. The van der Waals surface area contributed by atoms with E-state index in [2.05, 4.69) is 15.5 Å². The summed E-state index contributed by atoms with van der Waals surface area (Å²) >= 11 is 0. The van der Waals surface area contributed by atoms with Gasteiger partial charge in [0.1, 0.15) is 48.2 Å². The highest BCUT2D eigenvalue weighted by Gasteiger charge is 2.48. The van der Waals surface area contributed by atoms with Crippen molar-refractivity contribution in [1.82, 2.24) is 29.9 Å². The SMILES string of the molecule is CC(C)Nc1ccn(-c2cc(O[C@@H]3C[C@@H](C(N)=O)N(C(=O)[C@H](CCCCCCC[C@@H]4C[C@@H]4C(=O)O)NC(=O)O[C@@H]4C[C@@H]5C[C@@H]5C4)C3)c3ccc(OCCN4CCOCC4)cc3n2)n1. The molecule has 17 nitrogen and oxygen atoms in total. The van der Waals surface area contributed by atoms with Gasteiger partial charge in [-0.2, -0.15) is 0 Å². The number of benzene rings is 1. The van der Waals surface area contributed by atoms with Gasteiger partial charge in [0.25, 0.3) is 0 Å². The number of amides is 3. The quantitative estimate of drug-likeness (QED) is 0.0966. The molecule has 63 heavy (non-hydrogen) atoms. The van der Waals surface area contributed by atoms with Crippen LogP contribution in [0.1, 0.15) is 90.9 Å². The fourth-order valence-electron chi connectivity index (χ4n) is 9.68. The Morgan fingerprint density at radius 3 is 2.48 bits per heavy atom. The fraction of sp³-hybridized carbons (Fsp3) is 0.652. The lowest BCUT2D eigenvalue weighted by molar-refractivity contribution is -0.139. The van der Waals surface area contributed by atoms with E-state index in [1.165, 1.54) is 11.3 Å². The minimum Gasteiger partial charge on any atom is -0.492 e. The summed E-state index contributed by atoms with van der Waals surface area (Å²) in [7, 11) is 0. The summed E-state index contributed by atoms with van der Waals surface area (Å²) in [5.41, 5.74) is 6.60. The highest BCUT2D eigenvalue weighted by Crippen LogP contribution is 2.52. The highest BCUT2D eigenvalue weighted by atomic mass is 16.6. The molecule has 3 amide bonds. The van der Waals surface area contributed by atoms with Gasteiger partial charge in [-0.3, -0.25) is 19.3 Å². The molecule has 5 N–H and O–H groups in total. The number of nitrogens with zero attached hydrogens (tertiary/aromatic N) is 5. The van der Waals surface area contributed by atoms with Crippen molar-refractivity contribution < 1.29 is 43.2 Å². The van der Waals surface area contributed by atoms with Crippen molar-refractivity contribution in [3.63, 3.8) is 0 Å². The number of hydrogen-bond donors (Lipinski definition) is 4. The van der Waals surface area contributed by atoms with E-state index in [1.807, 2.05) is 44.3 Å². The smallest absolute Gasteiger partial charge is 0.408 e. The van der Waals surface area contributed by atoms with E-state index in [0.29, 0.717) is 59.9 Å². The van der Waals surface area contributed by atoms with Crippen LogP contribution in [0.5, 0.6) is 11.5 Å². The first-order valence-corrected chi connectivity index (χ1v) is 23.1. The van der Waals surface area contributed by atoms with Gasteiger partial charge in [-0.1, -0.05) is 32.1 Å². The molecule has 342 valence electrons. The number of ether oxygens (including phenoxy) is 4. The number of morpholine rings is 1. The molecule has 0 spiro atoms. The monoisotopic (exact) mass is 872 g/mol. The third-order valence-electron chi connectivity index (χ3n) is 13.3. The highest BCUT2D eigenvalue weighted by molar-refractivity contribution is 5.92. The van der Waals surface area contributed by atoms with Crippen LogP contribution in [0.25, 0.3) is 16.7 Å². The number of pyridine rings is 1. The summed E-state index contributed by atoms with van der Waals surface area (Å²) in [5.74, 6) is 1.97. The molecule has 2 aromatic heterocycles. The molecule has 0 unspecified atom stereocenters. The normalized spacial score (nSPS) is 25.7. The van der Waals surface area contributed by atoms with Crippen LogP contribution >= 0.6 is 0 Å². The third kappa shape index (κ3) is 11.7. The number of nitrogens with one attached hydrogen (secondary N) is 2. The Morgan fingerprint density at radius 1 is 0.952 bits per heavy atom. The first-order chi connectivity index (χ1) is 30.5. The standard InChI is InChI=1S/C46H64N8O9/c1-28(2)48-41-12-13-54(51-41)42-26-40(35-11-10-32(24-38(35)49-42)61-19-16-52-14-17-60-18-15-52)62-34-25-39(43(47)55)53(27-34)44(56)37(50-46(59)63-33-21-30-20-31(30)22-33)9-7-5-3-4-6-8-29-23-36(29)45(57)58/h10-13,24,26,28-31,33-34,36-37,39H,3-9,14-23,25,27H2,1-2H3,(H2,47,55)(H,48,51)(H,50,59)(H,57,58)/t29-,30-,31+,33+,34-,36+,37+,39+/m1/s1. The van der Waals surface area contributed by atoms with Gasteiger partial charge < -0.3 is 45.3 Å². The second-order valence-corrected chi connectivity index (χ2v) is 18.5. The Kier molecular flexibility index (Phi) is 14.2. The summed E-state index contributed by atoms with van der Waals surface area (Å²) in [6, 6.07) is 7.66. The summed E-state index contributed by atoms with van der Waals surface area (Å²) in [6.07, 6.45) is 9.96. The van der Waals surface area contributed by atoms with Crippen molar-refractivity contribution in [3.8, 4) is 17.3 Å². The van der Waals surface area contributed by atoms with E-state index in [9.17, 15) is 24.3 Å². The van der Waals surface area contributed by atoms with Gasteiger partial charge >= 0.3 is 12.1 Å². The summed E-state index contributed by atoms with van der Waals surface area (Å²) in [6.45, 7) is 8.61. The number of nitrogens with two attached hydrogens (primary N) is 1. The van der Waals surface area contributed by atoms with Gasteiger partial charge in [0.15, 0.2) is 5.82 Å². The molecule has 2 saturated heterocycles. The molecular weight excluding hydrogens is 809 g/mol. The molecule has 0 radical (unpaired) electrons. The van der Waals surface area contributed by atoms with E-state index in [-0.39, 0.29) is 36.9 Å². The number of primary amides is 1. The number of carbonyl (C=O) groups excluding carboxylic acids is 3. The average Bonchev–Trinajstić information content (AvgIpc) is 4.01. The Morgan fingerprint density at radius 2 is 1.73 bits per heavy atom. The van der Waals surface area contributed by atoms with Crippen molar-refractivity contribution in [2.24, 2.45) is 29.4 Å². The maximum absolute atomic E-state index is 14.5. The number of alkyl carbamates (subject to hydrolysis) is 1. The first-order valence-electron chi connectivity index (χ1n) is 23.1. The number of anilines is 1. The second kappa shape index (κ2) is 20.1. The van der Waals surface area contributed by atoms with Gasteiger partial charge in [0.2, 0.25) is 11.8 Å². The van der Waals surface area contributed by atoms with Gasteiger partial charge in [-0.15, -0.1) is 5.10 Å². The Bertz CT molecular complexity index is 2080. The molecule has 17 heteroatoms. The molecule has 4 heterocycles. The van der Waals surface area contributed by atoms with Crippen molar-refractivity contribution in [2.75, 3.05) is 51.3 Å². The van der Waals surface area contributed by atoms with Crippen LogP contribution in [0.4, 0.5) is 10.6 Å². The third-order valence-corrected chi connectivity index (χ3v) is 13.3. The van der Waals surface area contributed by atoms with Crippen molar-refractivity contribution in [1.29, 1.82) is 0 Å². The zero-order valence-corrected chi connectivity index (χ0v) is 36.6. The van der Waals surface area contributed by atoms with Crippen LogP contribution in [0.2, 0.25) is 0 Å². The lowest BCUT2D eigenvalue weighted by Gasteiger charge is -2.28. The van der Waals surface area contributed by atoms with Gasteiger partial charge in [0.05, 0.1) is 31.2 Å². The number of carboxylic acids is 1. The predicted molar refractivity (Wildman–Crippen MR) is 234 cm³/mol. The van der Waals surface area contributed by atoms with E-state index in [0.717, 1.165) is 89.6 Å². The van der Waals surface area contributed by atoms with Crippen molar-refractivity contribution >= 4 is 40.6 Å². The number of fused-ring (bicyclic) bond motifs is 2. The maximum Gasteiger partial charge on any atom is 0.408 e. The molecule has 5 fully saturated rings. The number of likely N-dealkylation sites (tertiary alicyclic amines) is 1. The molecule has 3 aromatic rings. The van der Waals surface area contributed by atoms with Gasteiger partial charge in [-0.25, -0.2) is 14.5 Å². The molecule has 3 aliphatic carbocycles. The molecule has 2 aliphatic heterocycles. The number of carbonyl (C=O) groups is 4. The minimum absolute atomic E-state index is 0.0796. The molecule has 3 saturated carbocycles. The predicted octanol–water partition coefficient (Wildman–Crippen LogP) is 5.13. The van der Waals surface area contributed by atoms with Crippen LogP contribution in [0.3, 0.4) is 0 Å². The fourth-order valence-corrected chi connectivity index (χ4v) is 9.68. The number of unbranched alkanes of at least 4 members (excludes halogenated alkanes) is 4. The lowest BCUT2D eigenvalue weighted by atomic mass is 10.0. The Hall–Kier alpha value is -5.16. The van der Waals surface area contributed by atoms with Crippen molar-refractivity contribution in [2.45, 2.75) is 121 Å². The second-order valence-electron chi connectivity index (χ2n) is 18.5. The molecular formula is C46H64N8O9. The molecule has 5 aliphatic rings. The van der Waals surface area contributed by atoms with E-state index in [4.69, 9.17) is 34.8 Å². The van der Waals surface area contributed by atoms with Crippen LogP contribution in [0.15, 0.2) is 36.5 Å². The summed E-state index contributed by atoms with van der Waals surface area (Å²) in [4.78, 5) is 60.7. The minimum atomic E-state index is -0.948. The number of rotatable bonds is 22. The number of aliphatic carboxylic acids is 1. The number of aromatic nitrogens is 3. The van der Waals surface area contributed by atoms with Gasteiger partial charge in [-0.05, 0) is 82.3 Å². The number of carboxylic acid groups (broad SMARTS) is 1. The van der Waals surface area contributed by atoms with Crippen LogP contribution in [-0.2, 0) is 23.9 Å². The van der Waals surface area contributed by atoms with E-state index >= 15 is 0 Å². The molecule has 8 atom stereocenters. The van der Waals surface area contributed by atoms with E-state index in [1.54, 1.807) is 10.7 Å². The molecule has 0 bridgehead atoms. The van der Waals surface area contributed by atoms with Crippen LogP contribution in [-0.4, -0.2) is 130 Å². The Balaban J connectivity index is 0.956. The molecule has 8 rings (SSSR count). The molecule has 1 aromatic carbocycles. The summed E-state index contributed by atoms with van der Waals surface area (Å²) < 4.78 is 25.9. The summed E-state index contributed by atoms with van der Waals surface area (Å²) in [5, 5.41) is 20.8. The average molecular weight is 873 g/mol. The first kappa shape index (κ1) is 44.4. The van der Waals surface area contributed by atoms with Crippen molar-refractivity contribution in [3.05, 3.63) is 36.5 Å². The van der Waals surface area contributed by atoms with Crippen LogP contribution < -0.4 is 25.8 Å². The lowest BCUT2D eigenvalue weighted by Crippen LogP contribution is -2.53. The zero-order valence-electron chi connectivity index (χ0n) is 36.6. The topological polar surface area (TPSA) is 213 Å².